The molecular weight excluding hydrogens is 412 g/mol. The molecule has 0 aliphatic heterocycles. The van der Waals surface area contributed by atoms with Gasteiger partial charge in [-0.25, -0.2) is 4.98 Å². The topological polar surface area (TPSA) is 60.9 Å². The normalized spacial score (nSPS) is 10.4. The van der Waals surface area contributed by atoms with Crippen molar-refractivity contribution in [2.45, 2.75) is 20.1 Å². The molecular formula is C24H26N2O4S. The quantitative estimate of drug-likeness (QED) is 0.423. The fourth-order valence-electron chi connectivity index (χ4n) is 3.03. The number of methoxy groups -OCH3 is 2. The van der Waals surface area contributed by atoms with Crippen molar-refractivity contribution in [3.8, 4) is 17.2 Å². The van der Waals surface area contributed by atoms with E-state index in [4.69, 9.17) is 14.2 Å². The van der Waals surface area contributed by atoms with Crippen LogP contribution in [0.1, 0.15) is 26.6 Å². The van der Waals surface area contributed by atoms with Crippen LogP contribution >= 0.6 is 11.3 Å². The molecule has 1 aromatic heterocycles. The van der Waals surface area contributed by atoms with Crippen molar-refractivity contribution in [1.82, 2.24) is 9.88 Å². The summed E-state index contributed by atoms with van der Waals surface area (Å²) in [5, 5.41) is 2.74. The molecule has 0 bridgehead atoms. The Kier molecular flexibility index (Phi) is 7.67. The van der Waals surface area contributed by atoms with Crippen molar-refractivity contribution in [3.05, 3.63) is 82.3 Å². The molecule has 0 saturated heterocycles. The number of hydrogen-bond donors (Lipinski definition) is 0. The summed E-state index contributed by atoms with van der Waals surface area (Å²) in [6, 6.07) is 13.0. The second-order valence-electron chi connectivity index (χ2n) is 6.85. The smallest absolute Gasteiger partial charge is 0.254 e. The lowest BCUT2D eigenvalue weighted by molar-refractivity contribution is 0.0761. The molecule has 0 unspecified atom stereocenters. The number of carbonyl (C=O) groups excluding carboxylic acids is 1. The minimum atomic E-state index is -0.0514. The average Bonchev–Trinajstić information content (AvgIpc) is 3.24. The molecule has 0 radical (unpaired) electrons. The van der Waals surface area contributed by atoms with E-state index in [1.54, 1.807) is 25.2 Å². The first-order valence-electron chi connectivity index (χ1n) is 9.79. The molecule has 0 aliphatic rings. The van der Waals surface area contributed by atoms with Crippen molar-refractivity contribution < 1.29 is 19.0 Å². The van der Waals surface area contributed by atoms with E-state index < -0.39 is 0 Å². The number of aromatic nitrogens is 1. The number of amides is 1. The number of aryl methyl sites for hydroxylation is 1. The first-order chi connectivity index (χ1) is 15.0. The van der Waals surface area contributed by atoms with Crippen LogP contribution in [-0.4, -0.2) is 36.6 Å². The highest BCUT2D eigenvalue weighted by Gasteiger charge is 2.17. The van der Waals surface area contributed by atoms with Crippen LogP contribution in [0.3, 0.4) is 0 Å². The highest BCUT2D eigenvalue weighted by Crippen LogP contribution is 2.37. The molecule has 0 saturated carbocycles. The summed E-state index contributed by atoms with van der Waals surface area (Å²) in [6.07, 6.45) is 1.72. The van der Waals surface area contributed by atoms with Crippen LogP contribution in [0.25, 0.3) is 0 Å². The van der Waals surface area contributed by atoms with E-state index in [2.05, 4.69) is 11.6 Å². The molecule has 1 heterocycles. The van der Waals surface area contributed by atoms with Gasteiger partial charge < -0.3 is 19.1 Å². The predicted molar refractivity (Wildman–Crippen MR) is 122 cm³/mol. The van der Waals surface area contributed by atoms with E-state index in [0.29, 0.717) is 35.9 Å². The Balaban J connectivity index is 1.69. The molecule has 7 heteroatoms. The first kappa shape index (κ1) is 22.4. The fraction of sp³-hybridized carbons (Fsp3) is 0.250. The van der Waals surface area contributed by atoms with Crippen LogP contribution in [0.15, 0.2) is 60.5 Å². The predicted octanol–water partition coefficient (Wildman–Crippen LogP) is 4.88. The summed E-state index contributed by atoms with van der Waals surface area (Å²) < 4.78 is 16.7. The molecule has 0 fully saturated rings. The zero-order chi connectivity index (χ0) is 22.2. The third kappa shape index (κ3) is 5.64. The molecule has 162 valence electrons. The van der Waals surface area contributed by atoms with E-state index in [9.17, 15) is 4.79 Å². The molecule has 2 aromatic carbocycles. The van der Waals surface area contributed by atoms with Crippen molar-refractivity contribution >= 4 is 17.2 Å². The van der Waals surface area contributed by atoms with Gasteiger partial charge in [-0.3, -0.25) is 4.79 Å². The van der Waals surface area contributed by atoms with Crippen molar-refractivity contribution in [2.24, 2.45) is 0 Å². The average molecular weight is 439 g/mol. The number of benzene rings is 2. The van der Waals surface area contributed by atoms with Gasteiger partial charge in [0.2, 0.25) is 5.75 Å². The summed E-state index contributed by atoms with van der Waals surface area (Å²) >= 11 is 1.48. The standard InChI is InChI=1S/C24H26N2O4S/c1-5-13-26(24(27)18-11-9-17(2)10-12-18)14-19-16-31-22(25-19)15-30-23-20(28-3)7-6-8-21(23)29-4/h5-12,16H,1,13-15H2,2-4H3. The fourth-order valence-corrected chi connectivity index (χ4v) is 3.73. The lowest BCUT2D eigenvalue weighted by Crippen LogP contribution is -2.30. The Morgan fingerprint density at radius 1 is 1.13 bits per heavy atom. The number of ether oxygens (including phenoxy) is 3. The monoisotopic (exact) mass is 438 g/mol. The minimum absolute atomic E-state index is 0.0514. The highest BCUT2D eigenvalue weighted by atomic mass is 32.1. The third-order valence-corrected chi connectivity index (χ3v) is 5.48. The number of rotatable bonds is 10. The largest absolute Gasteiger partial charge is 0.493 e. The molecule has 3 rings (SSSR count). The molecule has 6 nitrogen and oxygen atoms in total. The number of para-hydroxylation sites is 1. The minimum Gasteiger partial charge on any atom is -0.493 e. The lowest BCUT2D eigenvalue weighted by atomic mass is 10.1. The van der Waals surface area contributed by atoms with E-state index in [0.717, 1.165) is 16.3 Å². The second-order valence-corrected chi connectivity index (χ2v) is 7.80. The van der Waals surface area contributed by atoms with E-state index in [1.807, 2.05) is 54.8 Å². The molecule has 31 heavy (non-hydrogen) atoms. The maximum atomic E-state index is 12.9. The van der Waals surface area contributed by atoms with Crippen LogP contribution in [0.2, 0.25) is 0 Å². The zero-order valence-electron chi connectivity index (χ0n) is 18.0. The number of hydrogen-bond acceptors (Lipinski definition) is 6. The Morgan fingerprint density at radius 2 is 1.81 bits per heavy atom. The summed E-state index contributed by atoms with van der Waals surface area (Å²) in [4.78, 5) is 19.3. The van der Waals surface area contributed by atoms with E-state index >= 15 is 0 Å². The van der Waals surface area contributed by atoms with Gasteiger partial charge >= 0.3 is 0 Å². The van der Waals surface area contributed by atoms with Gasteiger partial charge in [0.25, 0.3) is 5.91 Å². The van der Waals surface area contributed by atoms with Crippen LogP contribution in [0.5, 0.6) is 17.2 Å². The Hall–Kier alpha value is -3.32. The first-order valence-corrected chi connectivity index (χ1v) is 10.7. The summed E-state index contributed by atoms with van der Waals surface area (Å²) in [5.74, 6) is 1.67. The lowest BCUT2D eigenvalue weighted by Gasteiger charge is -2.20. The van der Waals surface area contributed by atoms with Crippen LogP contribution < -0.4 is 14.2 Å². The molecule has 0 aliphatic carbocycles. The van der Waals surface area contributed by atoms with Gasteiger partial charge in [-0.05, 0) is 31.2 Å². The van der Waals surface area contributed by atoms with Crippen LogP contribution in [0.4, 0.5) is 0 Å². The maximum absolute atomic E-state index is 12.9. The SMILES string of the molecule is C=CCN(Cc1csc(COc2c(OC)cccc2OC)n1)C(=O)c1ccc(C)cc1. The highest BCUT2D eigenvalue weighted by molar-refractivity contribution is 7.09. The van der Waals surface area contributed by atoms with Gasteiger partial charge in [-0.2, -0.15) is 0 Å². The Bertz CT molecular complexity index is 1010. The van der Waals surface area contributed by atoms with Gasteiger partial charge in [0, 0.05) is 17.5 Å². The number of nitrogens with zero attached hydrogens (tertiary/aromatic N) is 2. The zero-order valence-corrected chi connectivity index (χ0v) is 18.8. The molecule has 1 amide bonds. The van der Waals surface area contributed by atoms with Crippen molar-refractivity contribution in [2.75, 3.05) is 20.8 Å². The second kappa shape index (κ2) is 10.6. The summed E-state index contributed by atoms with van der Waals surface area (Å²) in [5.41, 5.74) is 2.56. The maximum Gasteiger partial charge on any atom is 0.254 e. The van der Waals surface area contributed by atoms with Crippen LogP contribution in [0, 0.1) is 6.92 Å². The van der Waals surface area contributed by atoms with Gasteiger partial charge in [0.05, 0.1) is 26.5 Å². The molecule has 0 N–H and O–H groups in total. The van der Waals surface area contributed by atoms with E-state index in [-0.39, 0.29) is 12.5 Å². The summed E-state index contributed by atoms with van der Waals surface area (Å²) in [6.45, 7) is 6.88. The van der Waals surface area contributed by atoms with Gasteiger partial charge in [-0.15, -0.1) is 17.9 Å². The van der Waals surface area contributed by atoms with Gasteiger partial charge in [-0.1, -0.05) is 29.8 Å². The van der Waals surface area contributed by atoms with E-state index in [1.165, 1.54) is 11.3 Å². The van der Waals surface area contributed by atoms with Gasteiger partial charge in [0.1, 0.15) is 11.6 Å². The Labute approximate surface area is 186 Å². The van der Waals surface area contributed by atoms with Crippen molar-refractivity contribution in [1.29, 1.82) is 0 Å². The molecule has 0 atom stereocenters. The third-order valence-electron chi connectivity index (χ3n) is 4.61. The number of carbonyl (C=O) groups is 1. The number of thiazole rings is 1. The summed E-state index contributed by atoms with van der Waals surface area (Å²) in [7, 11) is 3.17. The van der Waals surface area contributed by atoms with Crippen LogP contribution in [-0.2, 0) is 13.2 Å². The molecule has 0 spiro atoms. The Morgan fingerprint density at radius 3 is 2.42 bits per heavy atom. The van der Waals surface area contributed by atoms with Gasteiger partial charge in [0.15, 0.2) is 11.5 Å². The van der Waals surface area contributed by atoms with Crippen molar-refractivity contribution in [3.63, 3.8) is 0 Å². The molecule has 3 aromatic rings.